The van der Waals surface area contributed by atoms with Gasteiger partial charge in [-0.1, -0.05) is 42.0 Å². The van der Waals surface area contributed by atoms with Crippen molar-refractivity contribution in [3.8, 4) is 11.1 Å². The number of fused-ring (bicyclic) bond motifs is 3. The predicted molar refractivity (Wildman–Crippen MR) is 70.5 cm³/mol. The first-order valence-corrected chi connectivity index (χ1v) is 6.37. The van der Waals surface area contributed by atoms with Crippen molar-refractivity contribution in [2.24, 2.45) is 0 Å². The number of benzene rings is 2. The van der Waals surface area contributed by atoms with Crippen LogP contribution in [0, 0.1) is 6.92 Å². The van der Waals surface area contributed by atoms with Gasteiger partial charge in [0.05, 0.1) is 6.42 Å². The Hall–Kier alpha value is -2.30. The molecule has 1 aliphatic carbocycles. The predicted octanol–water partition coefficient (Wildman–Crippen LogP) is 4.09. The average molecular weight is 292 g/mol. The van der Waals surface area contributed by atoms with Gasteiger partial charge in [0.15, 0.2) is 0 Å². The first-order valence-electron chi connectivity index (χ1n) is 6.37. The first kappa shape index (κ1) is 13.7. The van der Waals surface area contributed by atoms with Gasteiger partial charge in [-0.05, 0) is 23.6 Å². The highest BCUT2D eigenvalue weighted by molar-refractivity contribution is 5.81. The molecule has 0 saturated carbocycles. The number of halogens is 3. The summed E-state index contributed by atoms with van der Waals surface area (Å²) in [5.74, 6) is -4.11. The van der Waals surface area contributed by atoms with Crippen molar-refractivity contribution < 1.29 is 23.0 Å². The first-order chi connectivity index (χ1) is 9.93. The van der Waals surface area contributed by atoms with Crippen molar-refractivity contribution in [3.63, 3.8) is 0 Å². The van der Waals surface area contributed by atoms with Crippen molar-refractivity contribution in [1.82, 2.24) is 0 Å². The van der Waals surface area contributed by atoms with Crippen LogP contribution in [0.4, 0.5) is 13.3 Å². The van der Waals surface area contributed by atoms with E-state index in [2.05, 4.69) is 4.94 Å². The fourth-order valence-electron chi connectivity index (χ4n) is 2.69. The summed E-state index contributed by atoms with van der Waals surface area (Å²) in [6.07, 6.45) is -0.295. The molecule has 0 saturated heterocycles. The summed E-state index contributed by atoms with van der Waals surface area (Å²) in [6.45, 7) is 1.82. The van der Waals surface area contributed by atoms with Gasteiger partial charge in [-0.3, -0.25) is 4.94 Å². The van der Waals surface area contributed by atoms with Gasteiger partial charge in [0, 0.05) is 15.7 Å². The highest BCUT2D eigenvalue weighted by atomic mass is 19.3. The van der Waals surface area contributed by atoms with E-state index in [1.807, 2.05) is 6.92 Å². The van der Waals surface area contributed by atoms with Gasteiger partial charge in [0.1, 0.15) is 0 Å². The number of carbonyl (C=O) groups excluding carboxylic acids is 1. The van der Waals surface area contributed by atoms with Crippen LogP contribution in [0.3, 0.4) is 0 Å². The third-order valence-electron chi connectivity index (χ3n) is 3.66. The molecular weight excluding hydrogens is 281 g/mol. The Morgan fingerprint density at radius 2 is 1.71 bits per heavy atom. The molecule has 0 bridgehead atoms. The second kappa shape index (κ2) is 4.62. The van der Waals surface area contributed by atoms with E-state index in [-0.39, 0.29) is 17.5 Å². The van der Waals surface area contributed by atoms with E-state index in [0.29, 0.717) is 16.7 Å². The molecule has 2 aromatic rings. The van der Waals surface area contributed by atoms with Crippen molar-refractivity contribution in [1.29, 1.82) is 0 Å². The van der Waals surface area contributed by atoms with Crippen LogP contribution in [0.2, 0.25) is 0 Å². The van der Waals surface area contributed by atoms with E-state index in [1.54, 1.807) is 12.1 Å². The monoisotopic (exact) mass is 292 g/mol. The van der Waals surface area contributed by atoms with E-state index in [4.69, 9.17) is 0 Å². The van der Waals surface area contributed by atoms with Gasteiger partial charge >= 0.3 is 5.97 Å². The molecule has 0 N–H and O–H groups in total. The van der Waals surface area contributed by atoms with Crippen molar-refractivity contribution in [2.75, 3.05) is 0 Å². The molecule has 108 valence electrons. The second-order valence-electron chi connectivity index (χ2n) is 5.13. The van der Waals surface area contributed by atoms with E-state index in [0.717, 1.165) is 5.56 Å². The molecular formula is C16H11F3O2. The summed E-state index contributed by atoms with van der Waals surface area (Å²) < 4.78 is 40.5. The Morgan fingerprint density at radius 3 is 2.38 bits per heavy atom. The van der Waals surface area contributed by atoms with Gasteiger partial charge in [-0.15, -0.1) is 0 Å². The summed E-state index contributed by atoms with van der Waals surface area (Å²) >= 11 is 0. The molecule has 21 heavy (non-hydrogen) atoms. The van der Waals surface area contributed by atoms with Crippen LogP contribution in [-0.4, -0.2) is 5.97 Å². The Balaban J connectivity index is 2.14. The molecule has 5 heteroatoms. The Labute approximate surface area is 119 Å². The Kier molecular flexibility index (Phi) is 3.01. The molecule has 0 aromatic heterocycles. The summed E-state index contributed by atoms with van der Waals surface area (Å²) in [4.78, 5) is 14.1. The number of hydrogen-bond donors (Lipinski definition) is 0. The Bertz CT molecular complexity index is 738. The third kappa shape index (κ3) is 2.09. The highest BCUT2D eigenvalue weighted by Gasteiger charge is 2.44. The van der Waals surface area contributed by atoms with Crippen molar-refractivity contribution in [3.05, 3.63) is 58.7 Å². The van der Waals surface area contributed by atoms with Gasteiger partial charge in [-0.25, -0.2) is 4.79 Å². The lowest BCUT2D eigenvalue weighted by molar-refractivity contribution is -0.182. The maximum absolute atomic E-state index is 14.4. The van der Waals surface area contributed by atoms with Crippen LogP contribution in [0.15, 0.2) is 36.4 Å². The minimum absolute atomic E-state index is 0.0479. The topological polar surface area (TPSA) is 26.3 Å². The van der Waals surface area contributed by atoms with Crippen LogP contribution in [0.1, 0.15) is 22.3 Å². The number of rotatable bonds is 2. The molecule has 0 unspecified atom stereocenters. The molecule has 0 spiro atoms. The molecule has 0 amide bonds. The van der Waals surface area contributed by atoms with Crippen LogP contribution in [0.5, 0.6) is 0 Å². The van der Waals surface area contributed by atoms with Gasteiger partial charge in [0.2, 0.25) is 0 Å². The SMILES string of the molecule is Cc1ccc2c(c1)-c1cc(CC(=O)OF)ccc1C2(F)F. The quantitative estimate of drug-likeness (QED) is 0.833. The van der Waals surface area contributed by atoms with Crippen LogP contribution in [-0.2, 0) is 22.1 Å². The highest BCUT2D eigenvalue weighted by Crippen LogP contribution is 2.51. The molecule has 0 atom stereocenters. The number of hydrogen-bond acceptors (Lipinski definition) is 2. The maximum Gasteiger partial charge on any atom is 0.353 e. The van der Waals surface area contributed by atoms with Gasteiger partial charge < -0.3 is 0 Å². The average Bonchev–Trinajstić information content (AvgIpc) is 2.66. The number of alkyl halides is 2. The molecule has 0 fully saturated rings. The normalized spacial score (nSPS) is 14.5. The van der Waals surface area contributed by atoms with E-state index in [9.17, 15) is 18.1 Å². The van der Waals surface area contributed by atoms with Gasteiger partial charge in [0.25, 0.3) is 5.92 Å². The molecule has 2 aromatic carbocycles. The van der Waals surface area contributed by atoms with Crippen LogP contribution >= 0.6 is 0 Å². The maximum atomic E-state index is 14.4. The minimum Gasteiger partial charge on any atom is -0.255 e. The zero-order valence-electron chi connectivity index (χ0n) is 11.1. The van der Waals surface area contributed by atoms with Gasteiger partial charge in [-0.2, -0.15) is 8.78 Å². The lowest BCUT2D eigenvalue weighted by atomic mass is 10.0. The molecule has 2 nitrogen and oxygen atoms in total. The van der Waals surface area contributed by atoms with E-state index in [1.165, 1.54) is 24.3 Å². The lowest BCUT2D eigenvalue weighted by Crippen LogP contribution is -2.11. The Morgan fingerprint density at radius 1 is 1.10 bits per heavy atom. The number of aryl methyl sites for hydroxylation is 1. The fourth-order valence-corrected chi connectivity index (χ4v) is 2.69. The smallest absolute Gasteiger partial charge is 0.255 e. The van der Waals surface area contributed by atoms with Crippen molar-refractivity contribution in [2.45, 2.75) is 19.3 Å². The molecule has 0 radical (unpaired) electrons. The molecule has 0 aliphatic heterocycles. The zero-order chi connectivity index (χ0) is 15.2. The van der Waals surface area contributed by atoms with Crippen molar-refractivity contribution >= 4 is 5.97 Å². The second-order valence-corrected chi connectivity index (χ2v) is 5.13. The zero-order valence-corrected chi connectivity index (χ0v) is 11.1. The van der Waals surface area contributed by atoms with Crippen LogP contribution < -0.4 is 0 Å². The van der Waals surface area contributed by atoms with Crippen LogP contribution in [0.25, 0.3) is 11.1 Å². The molecule has 3 rings (SSSR count). The molecule has 0 heterocycles. The summed E-state index contributed by atoms with van der Waals surface area (Å²) in [7, 11) is 0. The lowest BCUT2D eigenvalue weighted by Gasteiger charge is -2.12. The standard InChI is InChI=1S/C16H11F3O2/c1-9-2-4-13-11(6-9)12-7-10(8-15(20)21-19)3-5-14(12)16(13,17)18/h2-7H,8H2,1H3. The summed E-state index contributed by atoms with van der Waals surface area (Å²) in [6, 6.07) is 8.91. The minimum atomic E-state index is -3.06. The summed E-state index contributed by atoms with van der Waals surface area (Å²) in [5, 5.41) is 0. The van der Waals surface area contributed by atoms with E-state index < -0.39 is 11.9 Å². The third-order valence-corrected chi connectivity index (χ3v) is 3.66. The van der Waals surface area contributed by atoms with E-state index >= 15 is 0 Å². The largest absolute Gasteiger partial charge is 0.353 e. The number of carbonyl (C=O) groups is 1. The summed E-state index contributed by atoms with van der Waals surface area (Å²) in [5.41, 5.74) is 1.98. The molecule has 1 aliphatic rings. The fraction of sp³-hybridized carbons (Fsp3) is 0.188.